The normalized spacial score (nSPS) is 10.6. The van der Waals surface area contributed by atoms with Crippen LogP contribution in [-0.4, -0.2) is 22.4 Å². The van der Waals surface area contributed by atoms with Crippen LogP contribution in [0.15, 0.2) is 22.2 Å². The van der Waals surface area contributed by atoms with Crippen LogP contribution in [0, 0.1) is 6.92 Å². The molecule has 2 N–H and O–H groups in total. The van der Waals surface area contributed by atoms with Gasteiger partial charge in [-0.15, -0.1) is 11.3 Å². The Balaban J connectivity index is 1.75. The molecule has 0 fully saturated rings. The molecule has 0 aromatic carbocycles. The van der Waals surface area contributed by atoms with E-state index < -0.39 is 0 Å². The maximum atomic E-state index is 11.8. The van der Waals surface area contributed by atoms with Gasteiger partial charge in [-0.1, -0.05) is 0 Å². The number of H-pyrrole nitrogens is 1. The van der Waals surface area contributed by atoms with Gasteiger partial charge in [-0.2, -0.15) is 0 Å². The summed E-state index contributed by atoms with van der Waals surface area (Å²) >= 11 is 4.88. The Morgan fingerprint density at radius 3 is 3.06 bits per heavy atom. The molecule has 2 rings (SSSR count). The summed E-state index contributed by atoms with van der Waals surface area (Å²) in [7, 11) is 0. The topological polar surface area (TPSA) is 57.8 Å². The Kier molecular flexibility index (Phi) is 4.54. The van der Waals surface area contributed by atoms with Gasteiger partial charge in [-0.25, -0.2) is 4.98 Å². The Hall–Kier alpha value is -1.14. The van der Waals surface area contributed by atoms with Gasteiger partial charge in [-0.05, 0) is 40.9 Å². The second-order valence-electron chi connectivity index (χ2n) is 3.96. The molecular formula is C12H14BrN3OS. The maximum absolute atomic E-state index is 11.8. The molecule has 4 nitrogen and oxygen atoms in total. The quantitative estimate of drug-likeness (QED) is 0.829. The lowest BCUT2D eigenvalue weighted by atomic mass is 10.3. The third kappa shape index (κ3) is 3.43. The van der Waals surface area contributed by atoms with E-state index in [0.29, 0.717) is 6.54 Å². The molecule has 0 aliphatic heterocycles. The summed E-state index contributed by atoms with van der Waals surface area (Å²) in [5.41, 5.74) is 1.10. The second-order valence-corrected chi connectivity index (χ2v) is 6.33. The fraction of sp³-hybridized carbons (Fsp3) is 0.333. The van der Waals surface area contributed by atoms with E-state index in [1.54, 1.807) is 12.4 Å². The van der Waals surface area contributed by atoms with Gasteiger partial charge in [-0.3, -0.25) is 4.79 Å². The number of thiophene rings is 1. The summed E-state index contributed by atoms with van der Waals surface area (Å²) in [6.45, 7) is 2.64. The molecule has 18 heavy (non-hydrogen) atoms. The van der Waals surface area contributed by atoms with Gasteiger partial charge in [0, 0.05) is 25.4 Å². The fourth-order valence-corrected chi connectivity index (χ4v) is 3.00. The van der Waals surface area contributed by atoms with Crippen molar-refractivity contribution in [3.05, 3.63) is 38.5 Å². The van der Waals surface area contributed by atoms with Crippen molar-refractivity contribution < 1.29 is 4.79 Å². The number of rotatable bonds is 5. The van der Waals surface area contributed by atoms with Crippen LogP contribution in [0.5, 0.6) is 0 Å². The molecule has 2 aromatic heterocycles. The van der Waals surface area contributed by atoms with Gasteiger partial charge in [0.05, 0.1) is 8.66 Å². The van der Waals surface area contributed by atoms with Crippen LogP contribution in [0.2, 0.25) is 0 Å². The number of nitrogens with one attached hydrogen (secondary N) is 2. The van der Waals surface area contributed by atoms with E-state index in [9.17, 15) is 4.79 Å². The average Bonchev–Trinajstić information content (AvgIpc) is 2.96. The van der Waals surface area contributed by atoms with Crippen LogP contribution < -0.4 is 5.32 Å². The molecule has 2 heterocycles. The van der Waals surface area contributed by atoms with Gasteiger partial charge >= 0.3 is 0 Å². The smallest absolute Gasteiger partial charge is 0.261 e. The lowest BCUT2D eigenvalue weighted by Gasteiger charge is -2.02. The number of aryl methyl sites for hydroxylation is 2. The van der Waals surface area contributed by atoms with E-state index >= 15 is 0 Å². The Morgan fingerprint density at radius 1 is 1.61 bits per heavy atom. The Morgan fingerprint density at radius 2 is 2.44 bits per heavy atom. The van der Waals surface area contributed by atoms with Gasteiger partial charge in [0.15, 0.2) is 0 Å². The van der Waals surface area contributed by atoms with Gasteiger partial charge in [0.1, 0.15) is 5.82 Å². The molecule has 6 heteroatoms. The first-order valence-electron chi connectivity index (χ1n) is 5.69. The summed E-state index contributed by atoms with van der Waals surface area (Å²) in [6.07, 6.45) is 5.27. The summed E-state index contributed by atoms with van der Waals surface area (Å²) in [5, 5.41) is 2.91. The summed E-state index contributed by atoms with van der Waals surface area (Å²) in [4.78, 5) is 19.7. The third-order valence-corrected chi connectivity index (χ3v) is 4.65. The number of aromatic amines is 1. The van der Waals surface area contributed by atoms with Crippen molar-refractivity contribution in [3.63, 3.8) is 0 Å². The predicted molar refractivity (Wildman–Crippen MR) is 76.0 cm³/mol. The standard InChI is InChI=1S/C12H14BrN3OS/c1-8-7-9(18-11(8)13)12(17)16-4-2-3-10-14-5-6-15-10/h5-7H,2-4H2,1H3,(H,14,15)(H,16,17). The van der Waals surface area contributed by atoms with E-state index in [1.807, 2.05) is 13.0 Å². The monoisotopic (exact) mass is 327 g/mol. The zero-order valence-corrected chi connectivity index (χ0v) is 12.4. The van der Waals surface area contributed by atoms with E-state index in [1.165, 1.54) is 11.3 Å². The minimum atomic E-state index is -0.00625. The number of carbonyl (C=O) groups excluding carboxylic acids is 1. The number of aromatic nitrogens is 2. The van der Waals surface area contributed by atoms with Gasteiger partial charge < -0.3 is 10.3 Å². The van der Waals surface area contributed by atoms with E-state index in [0.717, 1.165) is 32.9 Å². The highest BCUT2D eigenvalue weighted by molar-refractivity contribution is 9.11. The molecule has 0 aliphatic rings. The number of hydrogen-bond donors (Lipinski definition) is 2. The summed E-state index contributed by atoms with van der Waals surface area (Å²) in [6, 6.07) is 1.90. The molecule has 1 amide bonds. The minimum absolute atomic E-state index is 0.00625. The molecule has 0 bridgehead atoms. The molecule has 0 saturated heterocycles. The first-order valence-corrected chi connectivity index (χ1v) is 7.30. The fourth-order valence-electron chi connectivity index (χ4n) is 1.55. The lowest BCUT2D eigenvalue weighted by Crippen LogP contribution is -2.23. The van der Waals surface area contributed by atoms with Crippen molar-refractivity contribution in [2.24, 2.45) is 0 Å². The van der Waals surface area contributed by atoms with E-state index in [2.05, 4.69) is 31.2 Å². The third-order valence-electron chi connectivity index (χ3n) is 2.51. The van der Waals surface area contributed by atoms with E-state index in [-0.39, 0.29) is 5.91 Å². The van der Waals surface area contributed by atoms with Crippen molar-refractivity contribution in [2.75, 3.05) is 6.54 Å². The molecule has 0 aliphatic carbocycles. The lowest BCUT2D eigenvalue weighted by molar-refractivity contribution is 0.0957. The maximum Gasteiger partial charge on any atom is 0.261 e. The highest BCUT2D eigenvalue weighted by Gasteiger charge is 2.10. The van der Waals surface area contributed by atoms with Gasteiger partial charge in [0.2, 0.25) is 0 Å². The Bertz CT molecular complexity index is 502. The summed E-state index contributed by atoms with van der Waals surface area (Å²) in [5.74, 6) is 0.951. The number of carbonyl (C=O) groups is 1. The SMILES string of the molecule is Cc1cc(C(=O)NCCCc2ncc[nH]2)sc1Br. The van der Waals surface area contributed by atoms with Crippen LogP contribution >= 0.6 is 27.3 Å². The van der Waals surface area contributed by atoms with Crippen molar-refractivity contribution >= 4 is 33.2 Å². The van der Waals surface area contributed by atoms with Crippen LogP contribution in [0.3, 0.4) is 0 Å². The van der Waals surface area contributed by atoms with Crippen LogP contribution in [0.4, 0.5) is 0 Å². The number of hydrogen-bond acceptors (Lipinski definition) is 3. The molecule has 0 unspecified atom stereocenters. The number of imidazole rings is 1. The van der Waals surface area contributed by atoms with Crippen molar-refractivity contribution in [2.45, 2.75) is 19.8 Å². The second kappa shape index (κ2) is 6.15. The Labute approximate surface area is 118 Å². The molecule has 0 atom stereocenters. The molecule has 0 spiro atoms. The number of halogens is 1. The molecule has 0 saturated carbocycles. The molecular weight excluding hydrogens is 314 g/mol. The first kappa shape index (κ1) is 13.3. The first-order chi connectivity index (χ1) is 8.66. The average molecular weight is 328 g/mol. The van der Waals surface area contributed by atoms with Crippen LogP contribution in [0.25, 0.3) is 0 Å². The highest BCUT2D eigenvalue weighted by atomic mass is 79.9. The molecule has 2 aromatic rings. The van der Waals surface area contributed by atoms with Crippen molar-refractivity contribution in [1.82, 2.24) is 15.3 Å². The largest absolute Gasteiger partial charge is 0.351 e. The zero-order chi connectivity index (χ0) is 13.0. The summed E-state index contributed by atoms with van der Waals surface area (Å²) < 4.78 is 1.02. The zero-order valence-electron chi connectivity index (χ0n) is 10.00. The number of amides is 1. The van der Waals surface area contributed by atoms with Crippen molar-refractivity contribution in [3.8, 4) is 0 Å². The molecule has 96 valence electrons. The van der Waals surface area contributed by atoms with Crippen LogP contribution in [-0.2, 0) is 6.42 Å². The number of nitrogens with zero attached hydrogens (tertiary/aromatic N) is 1. The van der Waals surface area contributed by atoms with Gasteiger partial charge in [0.25, 0.3) is 5.91 Å². The highest BCUT2D eigenvalue weighted by Crippen LogP contribution is 2.27. The minimum Gasteiger partial charge on any atom is -0.351 e. The van der Waals surface area contributed by atoms with Crippen molar-refractivity contribution in [1.29, 1.82) is 0 Å². The predicted octanol–water partition coefficient (Wildman–Crippen LogP) is 2.90. The van der Waals surface area contributed by atoms with Crippen LogP contribution in [0.1, 0.15) is 27.5 Å². The molecule has 0 radical (unpaired) electrons. The van der Waals surface area contributed by atoms with E-state index in [4.69, 9.17) is 0 Å².